The van der Waals surface area contributed by atoms with Crippen molar-refractivity contribution in [3.8, 4) is 11.5 Å². The van der Waals surface area contributed by atoms with Crippen molar-refractivity contribution in [3.63, 3.8) is 0 Å². The highest BCUT2D eigenvalue weighted by Gasteiger charge is 2.61. The van der Waals surface area contributed by atoms with Gasteiger partial charge in [-0.2, -0.15) is 0 Å². The van der Waals surface area contributed by atoms with Gasteiger partial charge in [0.15, 0.2) is 5.69 Å². The van der Waals surface area contributed by atoms with Crippen LogP contribution in [0.1, 0.15) is 0 Å². The Morgan fingerprint density at radius 1 is 1.12 bits per heavy atom. The molecule has 3 fully saturated rings. The standard InChI is InChI=1S/C8H9N2O6P/c1-12-6-4-3-5-7(13-2)8(6)9-10-15-17(11,14-9)16-10/h3-5H,1-2H3. The molecule has 3 saturated heterocycles. The zero-order chi connectivity index (χ0) is 12.0. The lowest BCUT2D eigenvalue weighted by Crippen LogP contribution is -2.34. The Morgan fingerprint density at radius 2 is 1.71 bits per heavy atom. The fourth-order valence-corrected chi connectivity index (χ4v) is 2.42. The van der Waals surface area contributed by atoms with E-state index in [1.807, 2.05) is 0 Å². The fraction of sp³-hybridized carbons (Fsp3) is 0.250. The van der Waals surface area contributed by atoms with Gasteiger partial charge in [0.05, 0.1) is 19.6 Å². The summed E-state index contributed by atoms with van der Waals surface area (Å²) < 4.78 is 36.3. The molecule has 9 heteroatoms. The average Bonchev–Trinajstić information content (AvgIpc) is 2.80. The summed E-state index contributed by atoms with van der Waals surface area (Å²) in [6.45, 7) is 0. The molecule has 0 atom stereocenters. The normalized spacial score (nSPS) is 30.0. The van der Waals surface area contributed by atoms with E-state index < -0.39 is 7.82 Å². The molecule has 0 saturated carbocycles. The number of methoxy groups -OCH3 is 2. The summed E-state index contributed by atoms with van der Waals surface area (Å²) in [5, 5.41) is 1.94. The van der Waals surface area contributed by atoms with Crippen LogP contribution in [0.15, 0.2) is 18.2 Å². The highest BCUT2D eigenvalue weighted by Crippen LogP contribution is 2.68. The lowest BCUT2D eigenvalue weighted by molar-refractivity contribution is -0.318. The summed E-state index contributed by atoms with van der Waals surface area (Å²) in [4.78, 5) is 0. The predicted molar refractivity (Wildman–Crippen MR) is 54.7 cm³/mol. The second-order valence-corrected chi connectivity index (χ2v) is 4.60. The number of rotatable bonds is 3. The van der Waals surface area contributed by atoms with Gasteiger partial charge in [-0.1, -0.05) is 6.07 Å². The summed E-state index contributed by atoms with van der Waals surface area (Å²) in [5.74, 6) is 0.939. The third kappa shape index (κ3) is 1.50. The van der Waals surface area contributed by atoms with Crippen molar-refractivity contribution < 1.29 is 27.9 Å². The number of anilines is 1. The summed E-state index contributed by atoms with van der Waals surface area (Å²) in [5.41, 5.74) is 0.410. The van der Waals surface area contributed by atoms with Gasteiger partial charge < -0.3 is 9.47 Å². The number of hydrazine groups is 1. The molecule has 17 heavy (non-hydrogen) atoms. The van der Waals surface area contributed by atoms with E-state index in [9.17, 15) is 4.57 Å². The molecule has 0 aliphatic carbocycles. The summed E-state index contributed by atoms with van der Waals surface area (Å²) in [6, 6.07) is 5.16. The van der Waals surface area contributed by atoms with Crippen LogP contribution in [0.4, 0.5) is 5.69 Å². The first-order chi connectivity index (χ1) is 8.17. The zero-order valence-corrected chi connectivity index (χ0v) is 9.92. The van der Waals surface area contributed by atoms with Gasteiger partial charge in [-0.3, -0.25) is 0 Å². The van der Waals surface area contributed by atoms with E-state index in [2.05, 4.69) is 0 Å². The van der Waals surface area contributed by atoms with Crippen molar-refractivity contribution in [2.45, 2.75) is 0 Å². The second-order valence-electron chi connectivity index (χ2n) is 3.21. The molecule has 1 aromatic rings. The highest BCUT2D eigenvalue weighted by molar-refractivity contribution is 7.49. The van der Waals surface area contributed by atoms with Crippen molar-refractivity contribution in [2.24, 2.45) is 0 Å². The van der Waals surface area contributed by atoms with Crippen LogP contribution in [0.5, 0.6) is 11.5 Å². The van der Waals surface area contributed by atoms with E-state index in [0.717, 1.165) is 10.5 Å². The Kier molecular flexibility index (Phi) is 2.29. The number of para-hydroxylation sites is 1. The first kappa shape index (κ1) is 10.8. The Morgan fingerprint density at radius 3 is 2.12 bits per heavy atom. The predicted octanol–water partition coefficient (Wildman–Crippen LogP) is 1.66. The smallest absolute Gasteiger partial charge is 0.494 e. The maximum atomic E-state index is 11.4. The van der Waals surface area contributed by atoms with Crippen LogP contribution in [0, 0.1) is 0 Å². The van der Waals surface area contributed by atoms with Crippen molar-refractivity contribution in [2.75, 3.05) is 19.4 Å². The van der Waals surface area contributed by atoms with E-state index >= 15 is 0 Å². The molecule has 92 valence electrons. The van der Waals surface area contributed by atoms with E-state index in [-0.39, 0.29) is 0 Å². The van der Waals surface area contributed by atoms with Crippen LogP contribution >= 0.6 is 7.82 Å². The largest absolute Gasteiger partial charge is 0.538 e. The van der Waals surface area contributed by atoms with Crippen LogP contribution in [0.3, 0.4) is 0 Å². The Labute approximate surface area is 96.6 Å². The monoisotopic (exact) mass is 260 g/mol. The third-order valence-electron chi connectivity index (χ3n) is 2.26. The number of hydrogen-bond donors (Lipinski definition) is 0. The molecule has 0 radical (unpaired) electrons. The maximum absolute atomic E-state index is 11.4. The minimum atomic E-state index is -3.44. The molecule has 0 spiro atoms. The van der Waals surface area contributed by atoms with Gasteiger partial charge in [0.1, 0.15) is 11.5 Å². The average molecular weight is 260 g/mol. The van der Waals surface area contributed by atoms with E-state index in [0.29, 0.717) is 17.2 Å². The van der Waals surface area contributed by atoms with Crippen molar-refractivity contribution in [1.82, 2.24) is 5.34 Å². The van der Waals surface area contributed by atoms with Crippen molar-refractivity contribution >= 4 is 13.5 Å². The van der Waals surface area contributed by atoms with Crippen LogP contribution < -0.4 is 14.6 Å². The van der Waals surface area contributed by atoms with Crippen LogP contribution in [-0.2, 0) is 18.4 Å². The van der Waals surface area contributed by atoms with Gasteiger partial charge in [-0.25, -0.2) is 4.57 Å². The topological polar surface area (TPSA) is 69.7 Å². The van der Waals surface area contributed by atoms with Crippen LogP contribution in [0.25, 0.3) is 0 Å². The minimum absolute atomic E-state index is 0.410. The molecule has 3 heterocycles. The highest BCUT2D eigenvalue weighted by atomic mass is 31.2. The van der Waals surface area contributed by atoms with E-state index in [1.54, 1.807) is 18.2 Å². The molecule has 3 aliphatic rings. The number of benzene rings is 1. The number of ether oxygens (including phenoxy) is 2. The second kappa shape index (κ2) is 3.59. The lowest BCUT2D eigenvalue weighted by atomic mass is 10.2. The van der Waals surface area contributed by atoms with Gasteiger partial charge in [-0.15, -0.1) is 19.0 Å². The van der Waals surface area contributed by atoms with Crippen molar-refractivity contribution in [1.29, 1.82) is 0 Å². The first-order valence-electron chi connectivity index (χ1n) is 4.67. The fourth-order valence-electron chi connectivity index (χ4n) is 1.54. The van der Waals surface area contributed by atoms with E-state index in [1.165, 1.54) is 14.2 Å². The molecule has 0 unspecified atom stereocenters. The zero-order valence-electron chi connectivity index (χ0n) is 9.02. The molecular formula is C8H9N2O6P. The summed E-state index contributed by atoms with van der Waals surface area (Å²) >= 11 is 0. The SMILES string of the molecule is COc1cccc(OC)c1N1OP2(=O)ON1O2. The minimum Gasteiger partial charge on any atom is -0.494 e. The number of hydrogen-bond acceptors (Lipinski definition) is 8. The van der Waals surface area contributed by atoms with Crippen molar-refractivity contribution in [3.05, 3.63) is 18.2 Å². The molecule has 8 nitrogen and oxygen atoms in total. The Hall–Kier alpha value is -1.31. The van der Waals surface area contributed by atoms with Gasteiger partial charge in [0.25, 0.3) is 0 Å². The molecular weight excluding hydrogens is 251 g/mol. The van der Waals surface area contributed by atoms with Gasteiger partial charge >= 0.3 is 7.82 Å². The third-order valence-corrected chi connectivity index (χ3v) is 3.29. The van der Waals surface area contributed by atoms with Gasteiger partial charge in [0.2, 0.25) is 0 Å². The molecule has 0 N–H and O–H groups in total. The Balaban J connectivity index is 2.04. The number of fused-ring (bicyclic) bond motifs is 1. The van der Waals surface area contributed by atoms with E-state index in [4.69, 9.17) is 23.3 Å². The summed E-state index contributed by atoms with van der Waals surface area (Å²) in [6.07, 6.45) is 0. The number of phosphoric acid groups is 1. The van der Waals surface area contributed by atoms with Gasteiger partial charge in [-0.05, 0) is 12.1 Å². The van der Waals surface area contributed by atoms with Crippen LogP contribution in [-0.4, -0.2) is 19.6 Å². The molecule has 0 aromatic heterocycles. The molecule has 0 amide bonds. The quantitative estimate of drug-likeness (QED) is 0.760. The summed E-state index contributed by atoms with van der Waals surface area (Å²) in [7, 11) is -0.445. The molecule has 2 bridgehead atoms. The van der Waals surface area contributed by atoms with Gasteiger partial charge in [0, 0.05) is 0 Å². The molecule has 4 rings (SSSR count). The Bertz CT molecular complexity index is 477. The molecule has 3 aliphatic heterocycles. The first-order valence-corrected chi connectivity index (χ1v) is 6.13. The maximum Gasteiger partial charge on any atom is 0.538 e. The van der Waals surface area contributed by atoms with Crippen LogP contribution in [0.2, 0.25) is 0 Å². The lowest BCUT2D eigenvalue weighted by Gasteiger charge is -2.23. The molecule has 1 aromatic carbocycles. The number of nitrogens with zero attached hydrogens (tertiary/aromatic N) is 2.